The van der Waals surface area contributed by atoms with Gasteiger partial charge in [-0.3, -0.25) is 9.59 Å². The van der Waals surface area contributed by atoms with Crippen molar-refractivity contribution in [3.05, 3.63) is 0 Å². The standard InChI is InChI=1S/C11H19NO4/c1-7(15-8(2)13)9(12)6-10(14)16-11(3,4)5/h7,12H,6H2,1-5H3/t7-/m0/s1. The van der Waals surface area contributed by atoms with E-state index in [4.69, 9.17) is 14.9 Å². The van der Waals surface area contributed by atoms with Gasteiger partial charge in [-0.05, 0) is 27.7 Å². The molecule has 0 heterocycles. The van der Waals surface area contributed by atoms with Gasteiger partial charge in [-0.2, -0.15) is 0 Å². The van der Waals surface area contributed by atoms with E-state index in [1.54, 1.807) is 27.7 Å². The van der Waals surface area contributed by atoms with Gasteiger partial charge < -0.3 is 14.9 Å². The molecular weight excluding hydrogens is 210 g/mol. The molecule has 0 saturated heterocycles. The predicted octanol–water partition coefficient (Wildman–Crippen LogP) is 1.69. The van der Waals surface area contributed by atoms with Gasteiger partial charge in [0.1, 0.15) is 11.7 Å². The van der Waals surface area contributed by atoms with Crippen molar-refractivity contribution in [3.63, 3.8) is 0 Å². The summed E-state index contributed by atoms with van der Waals surface area (Å²) in [6, 6.07) is 0. The summed E-state index contributed by atoms with van der Waals surface area (Å²) >= 11 is 0. The van der Waals surface area contributed by atoms with Crippen molar-refractivity contribution in [1.29, 1.82) is 5.41 Å². The normalized spacial score (nSPS) is 12.8. The third kappa shape index (κ3) is 6.98. The first-order chi connectivity index (χ1) is 7.11. The Labute approximate surface area is 95.6 Å². The lowest BCUT2D eigenvalue weighted by Gasteiger charge is -2.20. The van der Waals surface area contributed by atoms with Gasteiger partial charge in [-0.1, -0.05) is 0 Å². The summed E-state index contributed by atoms with van der Waals surface area (Å²) in [5.74, 6) is -0.960. The van der Waals surface area contributed by atoms with Gasteiger partial charge in [0.05, 0.1) is 12.1 Å². The molecule has 0 spiro atoms. The topological polar surface area (TPSA) is 76.5 Å². The molecule has 5 heteroatoms. The highest BCUT2D eigenvalue weighted by atomic mass is 16.6. The van der Waals surface area contributed by atoms with Crippen molar-refractivity contribution in [2.75, 3.05) is 0 Å². The first-order valence-electron chi connectivity index (χ1n) is 5.08. The van der Waals surface area contributed by atoms with Crippen LogP contribution in [-0.4, -0.2) is 29.4 Å². The van der Waals surface area contributed by atoms with Crippen LogP contribution in [0.4, 0.5) is 0 Å². The minimum Gasteiger partial charge on any atom is -0.460 e. The maximum absolute atomic E-state index is 11.4. The number of rotatable bonds is 4. The smallest absolute Gasteiger partial charge is 0.312 e. The molecule has 92 valence electrons. The van der Waals surface area contributed by atoms with Gasteiger partial charge in [-0.15, -0.1) is 0 Å². The summed E-state index contributed by atoms with van der Waals surface area (Å²) in [6.07, 6.45) is -0.851. The van der Waals surface area contributed by atoms with Gasteiger partial charge in [0, 0.05) is 6.92 Å². The molecule has 0 unspecified atom stereocenters. The molecule has 0 aliphatic rings. The van der Waals surface area contributed by atoms with Gasteiger partial charge >= 0.3 is 11.9 Å². The van der Waals surface area contributed by atoms with E-state index in [0.717, 1.165) is 0 Å². The van der Waals surface area contributed by atoms with E-state index in [1.165, 1.54) is 6.92 Å². The van der Waals surface area contributed by atoms with Crippen LogP contribution in [-0.2, 0) is 19.1 Å². The highest BCUT2D eigenvalue weighted by Gasteiger charge is 2.20. The van der Waals surface area contributed by atoms with Crippen molar-refractivity contribution < 1.29 is 19.1 Å². The summed E-state index contributed by atoms with van der Waals surface area (Å²) in [4.78, 5) is 22.0. The second-order valence-corrected chi connectivity index (χ2v) is 4.54. The largest absolute Gasteiger partial charge is 0.460 e. The van der Waals surface area contributed by atoms with Crippen molar-refractivity contribution in [1.82, 2.24) is 0 Å². The van der Waals surface area contributed by atoms with Gasteiger partial charge in [0.2, 0.25) is 0 Å². The van der Waals surface area contributed by atoms with Crippen molar-refractivity contribution in [2.24, 2.45) is 0 Å². The van der Waals surface area contributed by atoms with Crippen LogP contribution in [0.15, 0.2) is 0 Å². The summed E-state index contributed by atoms with van der Waals surface area (Å²) < 4.78 is 9.81. The average molecular weight is 229 g/mol. The van der Waals surface area contributed by atoms with E-state index in [-0.39, 0.29) is 12.1 Å². The fourth-order valence-corrected chi connectivity index (χ4v) is 0.997. The summed E-state index contributed by atoms with van der Waals surface area (Å²) in [5.41, 5.74) is -0.536. The Morgan fingerprint density at radius 2 is 1.81 bits per heavy atom. The van der Waals surface area contributed by atoms with Crippen LogP contribution in [0.3, 0.4) is 0 Å². The molecule has 1 atom stereocenters. The van der Waals surface area contributed by atoms with E-state index in [9.17, 15) is 9.59 Å². The number of ether oxygens (including phenoxy) is 2. The van der Waals surface area contributed by atoms with Crippen molar-refractivity contribution >= 4 is 17.7 Å². The van der Waals surface area contributed by atoms with E-state index in [1.807, 2.05) is 0 Å². The Morgan fingerprint density at radius 1 is 1.31 bits per heavy atom. The van der Waals surface area contributed by atoms with Gasteiger partial charge in [-0.25, -0.2) is 0 Å². The number of carbonyl (C=O) groups is 2. The quantitative estimate of drug-likeness (QED) is 0.588. The first-order valence-corrected chi connectivity index (χ1v) is 5.08. The Hall–Kier alpha value is -1.39. The SMILES string of the molecule is CC(=O)O[C@@H](C)C(=N)CC(=O)OC(C)(C)C. The van der Waals surface area contributed by atoms with Crippen LogP contribution in [0.5, 0.6) is 0 Å². The Bertz CT molecular complexity index is 291. The third-order valence-corrected chi connectivity index (χ3v) is 1.59. The molecule has 0 aromatic carbocycles. The molecule has 5 nitrogen and oxygen atoms in total. The summed E-state index contributed by atoms with van der Waals surface area (Å²) in [7, 11) is 0. The van der Waals surface area contributed by atoms with Crippen LogP contribution in [0.2, 0.25) is 0 Å². The average Bonchev–Trinajstić information content (AvgIpc) is 1.98. The zero-order chi connectivity index (χ0) is 12.9. The van der Waals surface area contributed by atoms with Crippen LogP contribution < -0.4 is 0 Å². The predicted molar refractivity (Wildman–Crippen MR) is 59.4 cm³/mol. The number of esters is 2. The van der Waals surface area contributed by atoms with Gasteiger partial charge in [0.25, 0.3) is 0 Å². The lowest BCUT2D eigenvalue weighted by atomic mass is 10.1. The maximum Gasteiger partial charge on any atom is 0.312 e. The molecule has 0 aromatic rings. The second-order valence-electron chi connectivity index (χ2n) is 4.54. The molecule has 0 aliphatic carbocycles. The number of hydrogen-bond acceptors (Lipinski definition) is 5. The van der Waals surface area contributed by atoms with Crippen LogP contribution in [0.25, 0.3) is 0 Å². The second kappa shape index (κ2) is 5.63. The molecule has 0 rings (SSSR count). The Kier molecular flexibility index (Phi) is 5.14. The number of carbonyl (C=O) groups excluding carboxylic acids is 2. The highest BCUT2D eigenvalue weighted by molar-refractivity contribution is 6.00. The Morgan fingerprint density at radius 3 is 2.19 bits per heavy atom. The fourth-order valence-electron chi connectivity index (χ4n) is 0.997. The van der Waals surface area contributed by atoms with Crippen LogP contribution >= 0.6 is 0 Å². The molecule has 0 amide bonds. The van der Waals surface area contributed by atoms with E-state index >= 15 is 0 Å². The first kappa shape index (κ1) is 14.6. The monoisotopic (exact) mass is 229 g/mol. The Balaban J connectivity index is 4.14. The fraction of sp³-hybridized carbons (Fsp3) is 0.727. The van der Waals surface area contributed by atoms with Crippen LogP contribution in [0.1, 0.15) is 41.0 Å². The molecule has 0 aliphatic heterocycles. The molecule has 0 bridgehead atoms. The molecule has 1 N–H and O–H groups in total. The third-order valence-electron chi connectivity index (χ3n) is 1.59. The number of nitrogens with one attached hydrogen (secondary N) is 1. The van der Waals surface area contributed by atoms with Crippen molar-refractivity contribution in [2.45, 2.75) is 52.7 Å². The van der Waals surface area contributed by atoms with E-state index in [2.05, 4.69) is 0 Å². The zero-order valence-corrected chi connectivity index (χ0v) is 10.4. The molecule has 16 heavy (non-hydrogen) atoms. The molecule has 0 fully saturated rings. The molecule has 0 aromatic heterocycles. The minimum atomic E-state index is -0.690. The van der Waals surface area contributed by atoms with E-state index < -0.39 is 23.6 Å². The van der Waals surface area contributed by atoms with Crippen LogP contribution in [0, 0.1) is 5.41 Å². The molecule has 0 saturated carbocycles. The van der Waals surface area contributed by atoms with E-state index in [0.29, 0.717) is 0 Å². The zero-order valence-electron chi connectivity index (χ0n) is 10.4. The minimum absolute atomic E-state index is 0.0319. The number of hydrogen-bond donors (Lipinski definition) is 1. The van der Waals surface area contributed by atoms with Gasteiger partial charge in [0.15, 0.2) is 0 Å². The summed E-state index contributed by atoms with van der Waals surface area (Å²) in [6.45, 7) is 8.07. The maximum atomic E-state index is 11.4. The lowest BCUT2D eigenvalue weighted by molar-refractivity contribution is -0.154. The lowest BCUT2D eigenvalue weighted by Crippen LogP contribution is -2.29. The molecule has 0 radical (unpaired) electrons. The van der Waals surface area contributed by atoms with Crippen molar-refractivity contribution in [3.8, 4) is 0 Å². The molecular formula is C11H19NO4. The summed E-state index contributed by atoms with van der Waals surface area (Å²) in [5, 5.41) is 7.55. The highest BCUT2D eigenvalue weighted by Crippen LogP contribution is 2.09.